The second-order valence-corrected chi connectivity index (χ2v) is 4.61. The van der Waals surface area contributed by atoms with Crippen LogP contribution in [-0.2, 0) is 0 Å². The molecule has 62 valence electrons. The molecule has 2 nitrogen and oxygen atoms in total. The van der Waals surface area contributed by atoms with Crippen molar-refractivity contribution < 1.29 is 0 Å². The Morgan fingerprint density at radius 1 is 1.58 bits per heavy atom. The SMILES string of the molecule is Cc1c(Br)cnc2[nH]cc(I)c12. The van der Waals surface area contributed by atoms with E-state index in [2.05, 4.69) is 55.4 Å². The van der Waals surface area contributed by atoms with Crippen LogP contribution in [0.15, 0.2) is 16.9 Å². The predicted octanol–water partition coefficient (Wildman–Crippen LogP) is 3.24. The summed E-state index contributed by atoms with van der Waals surface area (Å²) in [4.78, 5) is 7.37. The molecule has 0 bridgehead atoms. The number of aryl methyl sites for hydroxylation is 1. The van der Waals surface area contributed by atoms with Gasteiger partial charge in [0.05, 0.1) is 0 Å². The van der Waals surface area contributed by atoms with E-state index in [0.29, 0.717) is 0 Å². The van der Waals surface area contributed by atoms with E-state index in [0.717, 1.165) is 10.1 Å². The lowest BCUT2D eigenvalue weighted by Gasteiger charge is -1.98. The van der Waals surface area contributed by atoms with Crippen LogP contribution in [0.1, 0.15) is 5.56 Å². The maximum atomic E-state index is 4.26. The Hall–Kier alpha value is -0.100. The summed E-state index contributed by atoms with van der Waals surface area (Å²) in [6.45, 7) is 2.09. The lowest BCUT2D eigenvalue weighted by molar-refractivity contribution is 1.29. The summed E-state index contributed by atoms with van der Waals surface area (Å²) in [6, 6.07) is 0. The molecule has 0 amide bonds. The van der Waals surface area contributed by atoms with Gasteiger partial charge in [0, 0.05) is 25.8 Å². The summed E-state index contributed by atoms with van der Waals surface area (Å²) in [7, 11) is 0. The largest absolute Gasteiger partial charge is 0.345 e. The fraction of sp³-hybridized carbons (Fsp3) is 0.125. The number of aromatic amines is 1. The molecule has 0 aliphatic carbocycles. The summed E-state index contributed by atoms with van der Waals surface area (Å²) >= 11 is 5.76. The minimum absolute atomic E-state index is 0.958. The molecular weight excluding hydrogens is 331 g/mol. The van der Waals surface area contributed by atoms with Crippen molar-refractivity contribution in [3.63, 3.8) is 0 Å². The lowest BCUT2D eigenvalue weighted by atomic mass is 10.2. The van der Waals surface area contributed by atoms with Gasteiger partial charge >= 0.3 is 0 Å². The fourth-order valence-corrected chi connectivity index (χ4v) is 2.30. The maximum absolute atomic E-state index is 4.26. The average molecular weight is 337 g/mol. The molecule has 2 heterocycles. The van der Waals surface area contributed by atoms with Crippen LogP contribution in [0.2, 0.25) is 0 Å². The fourth-order valence-electron chi connectivity index (χ4n) is 1.19. The van der Waals surface area contributed by atoms with Crippen molar-refractivity contribution >= 4 is 49.6 Å². The molecule has 2 rings (SSSR count). The monoisotopic (exact) mass is 336 g/mol. The second-order valence-electron chi connectivity index (χ2n) is 2.59. The molecule has 0 aliphatic heterocycles. The van der Waals surface area contributed by atoms with E-state index in [-0.39, 0.29) is 0 Å². The highest BCUT2D eigenvalue weighted by Gasteiger charge is 2.06. The summed E-state index contributed by atoms with van der Waals surface area (Å²) < 4.78 is 2.28. The van der Waals surface area contributed by atoms with Crippen molar-refractivity contribution in [3.05, 3.63) is 26.0 Å². The molecule has 0 atom stereocenters. The highest BCUT2D eigenvalue weighted by atomic mass is 127. The first kappa shape index (κ1) is 8.50. The van der Waals surface area contributed by atoms with E-state index >= 15 is 0 Å². The predicted molar refractivity (Wildman–Crippen MR) is 61.2 cm³/mol. The van der Waals surface area contributed by atoms with Gasteiger partial charge in [-0.25, -0.2) is 4.98 Å². The zero-order valence-corrected chi connectivity index (χ0v) is 10.1. The van der Waals surface area contributed by atoms with Crippen molar-refractivity contribution in [2.45, 2.75) is 6.92 Å². The van der Waals surface area contributed by atoms with Gasteiger partial charge in [-0.1, -0.05) is 0 Å². The van der Waals surface area contributed by atoms with Gasteiger partial charge in [-0.2, -0.15) is 0 Å². The Bertz CT molecular complexity index is 436. The molecule has 0 radical (unpaired) electrons. The first-order valence-electron chi connectivity index (χ1n) is 3.48. The quantitative estimate of drug-likeness (QED) is 0.735. The maximum Gasteiger partial charge on any atom is 0.138 e. The highest BCUT2D eigenvalue weighted by molar-refractivity contribution is 14.1. The Balaban J connectivity index is 2.96. The number of nitrogens with zero attached hydrogens (tertiary/aromatic N) is 1. The van der Waals surface area contributed by atoms with E-state index in [1.54, 1.807) is 0 Å². The Morgan fingerprint density at radius 2 is 2.33 bits per heavy atom. The third-order valence-electron chi connectivity index (χ3n) is 1.85. The van der Waals surface area contributed by atoms with Gasteiger partial charge in [-0.05, 0) is 51.0 Å². The van der Waals surface area contributed by atoms with Crippen LogP contribution in [0.25, 0.3) is 11.0 Å². The number of halogens is 2. The molecule has 0 unspecified atom stereocenters. The number of fused-ring (bicyclic) bond motifs is 1. The smallest absolute Gasteiger partial charge is 0.138 e. The lowest BCUT2D eigenvalue weighted by Crippen LogP contribution is -1.82. The summed E-state index contributed by atoms with van der Waals surface area (Å²) in [5, 5.41) is 1.21. The molecule has 0 saturated heterocycles. The Morgan fingerprint density at radius 3 is 3.08 bits per heavy atom. The van der Waals surface area contributed by atoms with Gasteiger partial charge in [0.2, 0.25) is 0 Å². The van der Waals surface area contributed by atoms with Gasteiger partial charge in [0.15, 0.2) is 0 Å². The van der Waals surface area contributed by atoms with Gasteiger partial charge in [0.1, 0.15) is 5.65 Å². The van der Waals surface area contributed by atoms with E-state index in [9.17, 15) is 0 Å². The van der Waals surface area contributed by atoms with Crippen molar-refractivity contribution in [2.75, 3.05) is 0 Å². The van der Waals surface area contributed by atoms with Crippen molar-refractivity contribution in [1.82, 2.24) is 9.97 Å². The molecule has 0 saturated carbocycles. The molecule has 0 aliphatic rings. The summed E-state index contributed by atoms with van der Waals surface area (Å²) in [5.74, 6) is 0. The molecule has 0 fully saturated rings. The van der Waals surface area contributed by atoms with Crippen LogP contribution in [0.3, 0.4) is 0 Å². The van der Waals surface area contributed by atoms with Crippen LogP contribution in [0, 0.1) is 10.5 Å². The first-order valence-corrected chi connectivity index (χ1v) is 5.35. The van der Waals surface area contributed by atoms with Crippen LogP contribution < -0.4 is 0 Å². The van der Waals surface area contributed by atoms with Crippen LogP contribution >= 0.6 is 38.5 Å². The normalized spacial score (nSPS) is 10.9. The van der Waals surface area contributed by atoms with Crippen molar-refractivity contribution in [3.8, 4) is 0 Å². The van der Waals surface area contributed by atoms with Crippen LogP contribution in [0.4, 0.5) is 0 Å². The average Bonchev–Trinajstić information content (AvgIpc) is 2.41. The van der Waals surface area contributed by atoms with Gasteiger partial charge in [-0.15, -0.1) is 0 Å². The van der Waals surface area contributed by atoms with Crippen molar-refractivity contribution in [1.29, 1.82) is 0 Å². The van der Waals surface area contributed by atoms with Crippen LogP contribution in [-0.4, -0.2) is 9.97 Å². The number of rotatable bonds is 0. The second kappa shape index (κ2) is 2.99. The summed E-state index contributed by atoms with van der Waals surface area (Å²) in [6.07, 6.45) is 3.79. The van der Waals surface area contributed by atoms with E-state index < -0.39 is 0 Å². The Labute approximate surface area is 92.0 Å². The number of H-pyrrole nitrogens is 1. The minimum Gasteiger partial charge on any atom is -0.345 e. The van der Waals surface area contributed by atoms with Crippen molar-refractivity contribution in [2.24, 2.45) is 0 Å². The van der Waals surface area contributed by atoms with Gasteiger partial charge < -0.3 is 4.98 Å². The first-order chi connectivity index (χ1) is 5.70. The molecular formula is C8H6BrIN2. The number of hydrogen-bond donors (Lipinski definition) is 1. The van der Waals surface area contributed by atoms with E-state index in [1.165, 1.54) is 14.5 Å². The molecule has 4 heteroatoms. The number of pyridine rings is 1. The number of nitrogens with one attached hydrogen (secondary N) is 1. The number of hydrogen-bond acceptors (Lipinski definition) is 1. The standard InChI is InChI=1S/C8H6BrIN2/c1-4-5(9)2-11-8-7(4)6(10)3-12-8/h2-3H,1H3,(H,11,12). The molecule has 12 heavy (non-hydrogen) atoms. The highest BCUT2D eigenvalue weighted by Crippen LogP contribution is 2.26. The third-order valence-corrected chi connectivity index (χ3v) is 3.50. The molecule has 1 N–H and O–H groups in total. The molecule has 0 spiro atoms. The summed E-state index contributed by atoms with van der Waals surface area (Å²) in [5.41, 5.74) is 2.20. The van der Waals surface area contributed by atoms with E-state index in [4.69, 9.17) is 0 Å². The van der Waals surface area contributed by atoms with Crippen LogP contribution in [0.5, 0.6) is 0 Å². The van der Waals surface area contributed by atoms with E-state index in [1.807, 2.05) is 12.4 Å². The topological polar surface area (TPSA) is 28.7 Å². The minimum atomic E-state index is 0.958. The number of aromatic nitrogens is 2. The van der Waals surface area contributed by atoms with Gasteiger partial charge in [0.25, 0.3) is 0 Å². The molecule has 0 aromatic carbocycles. The molecule has 2 aromatic heterocycles. The molecule has 2 aromatic rings. The Kier molecular flexibility index (Phi) is 2.12. The zero-order valence-electron chi connectivity index (χ0n) is 6.36. The zero-order chi connectivity index (χ0) is 8.72. The third kappa shape index (κ3) is 1.17. The van der Waals surface area contributed by atoms with Gasteiger partial charge in [-0.3, -0.25) is 0 Å².